The number of quaternary nitrogens is 1. The van der Waals surface area contributed by atoms with Gasteiger partial charge in [0.1, 0.15) is 32.0 Å². The minimum atomic E-state index is -0.153. The lowest BCUT2D eigenvalue weighted by Gasteiger charge is -2.23. The van der Waals surface area contributed by atoms with Gasteiger partial charge in [0.15, 0.2) is 17.3 Å². The molecule has 0 aromatic heterocycles. The van der Waals surface area contributed by atoms with Crippen molar-refractivity contribution in [3.63, 3.8) is 0 Å². The van der Waals surface area contributed by atoms with Crippen molar-refractivity contribution in [2.24, 2.45) is 0 Å². The van der Waals surface area contributed by atoms with Gasteiger partial charge in [0, 0.05) is 16.1 Å². The molecular formula is C23H27Cl2NO5. The average Bonchev–Trinajstić information content (AvgIpc) is 2.78. The minimum Gasteiger partial charge on any atom is -1.00 e. The van der Waals surface area contributed by atoms with Crippen LogP contribution in [0.2, 0.25) is 5.02 Å². The molecule has 0 spiro atoms. The SMILES string of the molecule is COc1ccc(C(=O)/C=C/c2cc(Cl)ccc2OCC[NH+]2CCOCC2)cc1OC.[Cl-]. The molecule has 1 N–H and O–H groups in total. The number of carbonyl (C=O) groups is 1. The van der Waals surface area contributed by atoms with E-state index in [1.807, 2.05) is 6.07 Å². The predicted octanol–water partition coefficient (Wildman–Crippen LogP) is -0.449. The standard InChI is InChI=1S/C23H26ClNO5.ClH/c1-27-22-7-4-17(16-23(22)28-2)20(26)6-3-18-15-19(24)5-8-21(18)30-14-11-25-9-12-29-13-10-25;/h3-8,15-16H,9-14H2,1-2H3;1H/b6-3+;. The zero-order valence-electron chi connectivity index (χ0n) is 17.7. The first-order valence-electron chi connectivity index (χ1n) is 9.89. The molecular weight excluding hydrogens is 441 g/mol. The Bertz CT molecular complexity index is 898. The van der Waals surface area contributed by atoms with Gasteiger partial charge >= 0.3 is 0 Å². The molecule has 3 rings (SSSR count). The number of ether oxygens (including phenoxy) is 4. The number of ketones is 1. The molecule has 0 bridgehead atoms. The summed E-state index contributed by atoms with van der Waals surface area (Å²) < 4.78 is 21.8. The molecule has 8 heteroatoms. The Hall–Kier alpha value is -2.25. The summed E-state index contributed by atoms with van der Waals surface area (Å²) in [4.78, 5) is 14.1. The molecule has 1 aliphatic rings. The second-order valence-corrected chi connectivity index (χ2v) is 7.35. The van der Waals surface area contributed by atoms with Crippen molar-refractivity contribution in [2.45, 2.75) is 0 Å². The van der Waals surface area contributed by atoms with E-state index in [4.69, 9.17) is 30.5 Å². The molecule has 0 unspecified atom stereocenters. The molecule has 1 saturated heterocycles. The number of allylic oxidation sites excluding steroid dienone is 1. The molecule has 0 atom stereocenters. The van der Waals surface area contributed by atoms with Gasteiger partial charge in [-0.05, 0) is 48.6 Å². The Balaban J connectivity index is 0.00000341. The summed E-state index contributed by atoms with van der Waals surface area (Å²) in [5.74, 6) is 1.63. The summed E-state index contributed by atoms with van der Waals surface area (Å²) in [6.07, 6.45) is 3.23. The van der Waals surface area contributed by atoms with Crippen LogP contribution in [0.4, 0.5) is 0 Å². The van der Waals surface area contributed by atoms with Crippen LogP contribution in [0.3, 0.4) is 0 Å². The van der Waals surface area contributed by atoms with Gasteiger partial charge in [-0.25, -0.2) is 0 Å². The third kappa shape index (κ3) is 7.14. The van der Waals surface area contributed by atoms with Gasteiger partial charge in [0.05, 0.1) is 27.4 Å². The number of nitrogens with one attached hydrogen (secondary N) is 1. The van der Waals surface area contributed by atoms with Gasteiger partial charge < -0.3 is 36.3 Å². The highest BCUT2D eigenvalue weighted by Gasteiger charge is 2.14. The highest BCUT2D eigenvalue weighted by Crippen LogP contribution is 2.28. The maximum atomic E-state index is 12.6. The van der Waals surface area contributed by atoms with Crippen LogP contribution < -0.4 is 31.5 Å². The molecule has 1 aliphatic heterocycles. The van der Waals surface area contributed by atoms with Gasteiger partial charge in [0.25, 0.3) is 0 Å². The number of hydrogen-bond donors (Lipinski definition) is 1. The average molecular weight is 468 g/mol. The van der Waals surface area contributed by atoms with Crippen LogP contribution in [-0.2, 0) is 4.74 Å². The molecule has 1 heterocycles. The molecule has 1 fully saturated rings. The molecule has 31 heavy (non-hydrogen) atoms. The zero-order chi connectivity index (χ0) is 21.3. The van der Waals surface area contributed by atoms with Gasteiger partial charge in [-0.3, -0.25) is 4.79 Å². The molecule has 2 aromatic rings. The number of carbonyl (C=O) groups excluding carboxylic acids is 1. The quantitative estimate of drug-likeness (QED) is 0.399. The summed E-state index contributed by atoms with van der Waals surface area (Å²) in [6, 6.07) is 10.5. The Morgan fingerprint density at radius 2 is 1.77 bits per heavy atom. The van der Waals surface area contributed by atoms with Crippen LogP contribution in [0, 0.1) is 0 Å². The van der Waals surface area contributed by atoms with Gasteiger partial charge in [-0.2, -0.15) is 0 Å². The summed E-state index contributed by atoms with van der Waals surface area (Å²) in [7, 11) is 3.09. The fourth-order valence-corrected chi connectivity index (χ4v) is 3.43. The van der Waals surface area contributed by atoms with Crippen LogP contribution in [0.1, 0.15) is 15.9 Å². The van der Waals surface area contributed by atoms with E-state index < -0.39 is 0 Å². The van der Waals surface area contributed by atoms with E-state index >= 15 is 0 Å². The lowest BCUT2D eigenvalue weighted by molar-refractivity contribution is -0.908. The highest BCUT2D eigenvalue weighted by molar-refractivity contribution is 6.30. The van der Waals surface area contributed by atoms with Crippen molar-refractivity contribution < 1.29 is 41.0 Å². The molecule has 2 aromatic carbocycles. The summed E-state index contributed by atoms with van der Waals surface area (Å²) in [5.41, 5.74) is 1.26. The topological polar surface area (TPSA) is 58.4 Å². The van der Waals surface area contributed by atoms with Crippen molar-refractivity contribution in [3.8, 4) is 17.2 Å². The van der Waals surface area contributed by atoms with E-state index in [9.17, 15) is 4.79 Å². The summed E-state index contributed by atoms with van der Waals surface area (Å²) >= 11 is 6.16. The summed E-state index contributed by atoms with van der Waals surface area (Å²) in [6.45, 7) is 5.07. The number of rotatable bonds is 9. The third-order valence-electron chi connectivity index (χ3n) is 4.97. The van der Waals surface area contributed by atoms with E-state index in [0.29, 0.717) is 34.4 Å². The smallest absolute Gasteiger partial charge is 0.185 e. The van der Waals surface area contributed by atoms with Crippen LogP contribution in [0.25, 0.3) is 6.08 Å². The number of morpholine rings is 1. The highest BCUT2D eigenvalue weighted by atomic mass is 35.5. The van der Waals surface area contributed by atoms with Crippen LogP contribution >= 0.6 is 11.6 Å². The lowest BCUT2D eigenvalue weighted by Crippen LogP contribution is -3.14. The zero-order valence-corrected chi connectivity index (χ0v) is 19.2. The number of benzene rings is 2. The molecule has 0 radical (unpaired) electrons. The molecule has 168 valence electrons. The van der Waals surface area contributed by atoms with Crippen LogP contribution in [-0.4, -0.2) is 59.5 Å². The van der Waals surface area contributed by atoms with Gasteiger partial charge in [-0.15, -0.1) is 0 Å². The third-order valence-corrected chi connectivity index (χ3v) is 5.20. The first kappa shape index (κ1) is 25.0. The molecule has 6 nitrogen and oxygen atoms in total. The maximum absolute atomic E-state index is 12.6. The van der Waals surface area contributed by atoms with E-state index in [1.165, 1.54) is 18.1 Å². The van der Waals surface area contributed by atoms with Crippen molar-refractivity contribution in [1.29, 1.82) is 0 Å². The van der Waals surface area contributed by atoms with Gasteiger partial charge in [0.2, 0.25) is 0 Å². The second-order valence-electron chi connectivity index (χ2n) is 6.91. The van der Waals surface area contributed by atoms with Crippen molar-refractivity contribution in [2.75, 3.05) is 53.7 Å². The molecule has 0 amide bonds. The lowest BCUT2D eigenvalue weighted by atomic mass is 10.1. The first-order chi connectivity index (χ1) is 14.6. The number of methoxy groups -OCH3 is 2. The largest absolute Gasteiger partial charge is 1.00 e. The predicted molar refractivity (Wildman–Crippen MR) is 116 cm³/mol. The fourth-order valence-electron chi connectivity index (χ4n) is 3.25. The van der Waals surface area contributed by atoms with Crippen molar-refractivity contribution in [1.82, 2.24) is 0 Å². The Kier molecular flexibility index (Phi) is 10.1. The second kappa shape index (κ2) is 12.6. The first-order valence-corrected chi connectivity index (χ1v) is 10.3. The van der Waals surface area contributed by atoms with E-state index in [1.54, 1.807) is 43.5 Å². The van der Waals surface area contributed by atoms with Crippen LogP contribution in [0.5, 0.6) is 17.2 Å². The number of halogens is 2. The van der Waals surface area contributed by atoms with E-state index in [0.717, 1.165) is 38.4 Å². The van der Waals surface area contributed by atoms with E-state index in [-0.39, 0.29) is 18.2 Å². The maximum Gasteiger partial charge on any atom is 0.185 e. The fraction of sp³-hybridized carbons (Fsp3) is 0.348. The van der Waals surface area contributed by atoms with E-state index in [2.05, 4.69) is 0 Å². The molecule has 0 saturated carbocycles. The van der Waals surface area contributed by atoms with Crippen molar-refractivity contribution in [3.05, 3.63) is 58.6 Å². The van der Waals surface area contributed by atoms with Crippen molar-refractivity contribution >= 4 is 23.5 Å². The van der Waals surface area contributed by atoms with Crippen LogP contribution in [0.15, 0.2) is 42.5 Å². The Morgan fingerprint density at radius 3 is 2.48 bits per heavy atom. The number of hydrogen-bond acceptors (Lipinski definition) is 5. The summed E-state index contributed by atoms with van der Waals surface area (Å²) in [5, 5.41) is 0.583. The monoisotopic (exact) mass is 467 g/mol. The molecule has 0 aliphatic carbocycles. The Morgan fingerprint density at radius 1 is 1.06 bits per heavy atom. The Labute approximate surface area is 194 Å². The van der Waals surface area contributed by atoms with Gasteiger partial charge in [-0.1, -0.05) is 11.6 Å². The normalized spacial score (nSPS) is 14.2. The minimum absolute atomic E-state index is 0.